The standard InChI is InChI=1S/C11H21NO2/c1-11(2,10(13)14-3)8-9-6-4-5-7-12-9/h9,12H,4-8H2,1-3H3. The first-order chi connectivity index (χ1) is 6.56. The van der Waals surface area contributed by atoms with E-state index in [0.29, 0.717) is 6.04 Å². The van der Waals surface area contributed by atoms with Crippen LogP contribution in [0.5, 0.6) is 0 Å². The summed E-state index contributed by atoms with van der Waals surface area (Å²) in [6.07, 6.45) is 4.59. The van der Waals surface area contributed by atoms with Crippen LogP contribution in [0.4, 0.5) is 0 Å². The van der Waals surface area contributed by atoms with Crippen molar-refractivity contribution in [3.63, 3.8) is 0 Å². The molecule has 0 bridgehead atoms. The molecule has 3 nitrogen and oxygen atoms in total. The molecule has 1 rings (SSSR count). The van der Waals surface area contributed by atoms with E-state index >= 15 is 0 Å². The van der Waals surface area contributed by atoms with E-state index in [-0.39, 0.29) is 11.4 Å². The maximum Gasteiger partial charge on any atom is 0.311 e. The number of carbonyl (C=O) groups excluding carboxylic acids is 1. The number of rotatable bonds is 3. The van der Waals surface area contributed by atoms with Gasteiger partial charge in [-0.1, -0.05) is 6.42 Å². The minimum Gasteiger partial charge on any atom is -0.469 e. The molecule has 0 aromatic heterocycles. The van der Waals surface area contributed by atoms with E-state index in [1.807, 2.05) is 13.8 Å². The molecule has 1 unspecified atom stereocenters. The Hall–Kier alpha value is -0.570. The number of hydrogen-bond donors (Lipinski definition) is 1. The number of carbonyl (C=O) groups is 1. The molecule has 0 spiro atoms. The van der Waals surface area contributed by atoms with Crippen molar-refractivity contribution in [1.82, 2.24) is 5.32 Å². The lowest BCUT2D eigenvalue weighted by Crippen LogP contribution is -2.40. The first-order valence-corrected chi connectivity index (χ1v) is 5.38. The van der Waals surface area contributed by atoms with Crippen molar-refractivity contribution >= 4 is 5.97 Å². The number of methoxy groups -OCH3 is 1. The zero-order valence-electron chi connectivity index (χ0n) is 9.43. The number of ether oxygens (including phenoxy) is 1. The molecule has 14 heavy (non-hydrogen) atoms. The van der Waals surface area contributed by atoms with Gasteiger partial charge in [0.2, 0.25) is 0 Å². The van der Waals surface area contributed by atoms with Gasteiger partial charge in [-0.05, 0) is 39.7 Å². The van der Waals surface area contributed by atoms with Gasteiger partial charge in [-0.15, -0.1) is 0 Å². The third kappa shape index (κ3) is 2.98. The molecule has 0 aromatic carbocycles. The zero-order valence-corrected chi connectivity index (χ0v) is 9.43. The average Bonchev–Trinajstić information content (AvgIpc) is 2.17. The highest BCUT2D eigenvalue weighted by Gasteiger charge is 2.32. The maximum atomic E-state index is 11.5. The summed E-state index contributed by atoms with van der Waals surface area (Å²) in [5.74, 6) is -0.107. The highest BCUT2D eigenvalue weighted by atomic mass is 16.5. The largest absolute Gasteiger partial charge is 0.469 e. The van der Waals surface area contributed by atoms with E-state index in [1.54, 1.807) is 0 Å². The minimum atomic E-state index is -0.357. The van der Waals surface area contributed by atoms with E-state index in [1.165, 1.54) is 26.4 Å². The van der Waals surface area contributed by atoms with Crippen LogP contribution in [0.25, 0.3) is 0 Å². The van der Waals surface area contributed by atoms with Crippen molar-refractivity contribution in [3.8, 4) is 0 Å². The molecule has 1 heterocycles. The second-order valence-corrected chi connectivity index (χ2v) is 4.73. The fraction of sp³-hybridized carbons (Fsp3) is 0.909. The summed E-state index contributed by atoms with van der Waals surface area (Å²) in [4.78, 5) is 11.5. The lowest BCUT2D eigenvalue weighted by Gasteiger charge is -2.30. The van der Waals surface area contributed by atoms with E-state index in [0.717, 1.165) is 13.0 Å². The summed E-state index contributed by atoms with van der Waals surface area (Å²) >= 11 is 0. The summed E-state index contributed by atoms with van der Waals surface area (Å²) < 4.78 is 4.79. The fourth-order valence-corrected chi connectivity index (χ4v) is 2.07. The van der Waals surface area contributed by atoms with Gasteiger partial charge < -0.3 is 10.1 Å². The maximum absolute atomic E-state index is 11.5. The molecule has 0 amide bonds. The molecule has 1 saturated heterocycles. The number of piperidine rings is 1. The summed E-state index contributed by atoms with van der Waals surface area (Å²) in [6, 6.07) is 0.484. The van der Waals surface area contributed by atoms with Crippen molar-refractivity contribution in [1.29, 1.82) is 0 Å². The molecule has 1 atom stereocenters. The van der Waals surface area contributed by atoms with Gasteiger partial charge >= 0.3 is 5.97 Å². The Balaban J connectivity index is 2.44. The molecular formula is C11H21NO2. The Morgan fingerprint density at radius 2 is 2.21 bits per heavy atom. The Labute approximate surface area is 86.2 Å². The van der Waals surface area contributed by atoms with Crippen molar-refractivity contribution in [2.24, 2.45) is 5.41 Å². The van der Waals surface area contributed by atoms with Gasteiger partial charge in [0.1, 0.15) is 0 Å². The molecule has 82 valence electrons. The molecule has 0 aliphatic carbocycles. The van der Waals surface area contributed by atoms with Crippen LogP contribution in [-0.2, 0) is 9.53 Å². The molecule has 1 aliphatic heterocycles. The molecular weight excluding hydrogens is 178 g/mol. The van der Waals surface area contributed by atoms with Crippen LogP contribution in [0, 0.1) is 5.41 Å². The number of nitrogens with one attached hydrogen (secondary N) is 1. The van der Waals surface area contributed by atoms with Crippen LogP contribution in [0.15, 0.2) is 0 Å². The SMILES string of the molecule is COC(=O)C(C)(C)CC1CCCCN1. The van der Waals surface area contributed by atoms with Crippen molar-refractivity contribution in [2.45, 2.75) is 45.6 Å². The Bertz CT molecular complexity index is 195. The van der Waals surface area contributed by atoms with Gasteiger partial charge in [0.05, 0.1) is 12.5 Å². The van der Waals surface area contributed by atoms with E-state index in [2.05, 4.69) is 5.32 Å². The molecule has 3 heteroatoms. The first kappa shape index (κ1) is 11.5. The predicted octanol–water partition coefficient (Wildman–Crippen LogP) is 1.72. The van der Waals surface area contributed by atoms with Gasteiger partial charge in [-0.3, -0.25) is 4.79 Å². The van der Waals surface area contributed by atoms with Crippen LogP contribution in [0.2, 0.25) is 0 Å². The Morgan fingerprint density at radius 1 is 1.50 bits per heavy atom. The van der Waals surface area contributed by atoms with Crippen LogP contribution < -0.4 is 5.32 Å². The summed E-state index contributed by atoms with van der Waals surface area (Å²) in [7, 11) is 1.46. The Kier molecular flexibility index (Phi) is 3.93. The van der Waals surface area contributed by atoms with Crippen molar-refractivity contribution in [2.75, 3.05) is 13.7 Å². The number of esters is 1. The van der Waals surface area contributed by atoms with Gasteiger partial charge in [0.25, 0.3) is 0 Å². The minimum absolute atomic E-state index is 0.107. The molecule has 1 aliphatic rings. The second-order valence-electron chi connectivity index (χ2n) is 4.73. The molecule has 0 saturated carbocycles. The van der Waals surface area contributed by atoms with Crippen molar-refractivity contribution < 1.29 is 9.53 Å². The van der Waals surface area contributed by atoms with Gasteiger partial charge in [0, 0.05) is 6.04 Å². The third-order valence-corrected chi connectivity index (χ3v) is 2.91. The molecule has 1 N–H and O–H groups in total. The van der Waals surface area contributed by atoms with E-state index in [4.69, 9.17) is 4.74 Å². The van der Waals surface area contributed by atoms with Gasteiger partial charge in [-0.25, -0.2) is 0 Å². The predicted molar refractivity (Wildman–Crippen MR) is 56.1 cm³/mol. The van der Waals surface area contributed by atoms with Crippen LogP contribution >= 0.6 is 0 Å². The molecule has 1 fully saturated rings. The van der Waals surface area contributed by atoms with Crippen LogP contribution in [0.1, 0.15) is 39.5 Å². The summed E-state index contributed by atoms with van der Waals surface area (Å²) in [5, 5.41) is 3.45. The first-order valence-electron chi connectivity index (χ1n) is 5.38. The second kappa shape index (κ2) is 4.78. The van der Waals surface area contributed by atoms with Crippen LogP contribution in [0.3, 0.4) is 0 Å². The van der Waals surface area contributed by atoms with E-state index < -0.39 is 0 Å². The van der Waals surface area contributed by atoms with E-state index in [9.17, 15) is 4.79 Å². The lowest BCUT2D eigenvalue weighted by atomic mass is 9.83. The topological polar surface area (TPSA) is 38.3 Å². The molecule has 0 radical (unpaired) electrons. The van der Waals surface area contributed by atoms with Gasteiger partial charge in [0.15, 0.2) is 0 Å². The quantitative estimate of drug-likeness (QED) is 0.703. The summed E-state index contributed by atoms with van der Waals surface area (Å²) in [6.45, 7) is 4.99. The average molecular weight is 199 g/mol. The summed E-state index contributed by atoms with van der Waals surface area (Å²) in [5.41, 5.74) is -0.357. The van der Waals surface area contributed by atoms with Crippen molar-refractivity contribution in [3.05, 3.63) is 0 Å². The monoisotopic (exact) mass is 199 g/mol. The smallest absolute Gasteiger partial charge is 0.311 e. The normalized spacial score (nSPS) is 23.2. The third-order valence-electron chi connectivity index (χ3n) is 2.91. The highest BCUT2D eigenvalue weighted by molar-refractivity contribution is 5.75. The van der Waals surface area contributed by atoms with Gasteiger partial charge in [-0.2, -0.15) is 0 Å². The fourth-order valence-electron chi connectivity index (χ4n) is 2.07. The Morgan fingerprint density at radius 3 is 2.71 bits per heavy atom. The zero-order chi connectivity index (χ0) is 10.6. The van der Waals surface area contributed by atoms with Crippen LogP contribution in [-0.4, -0.2) is 25.7 Å². The lowest BCUT2D eigenvalue weighted by molar-refractivity contribution is -0.151. The number of hydrogen-bond acceptors (Lipinski definition) is 3. The molecule has 0 aromatic rings. The highest BCUT2D eigenvalue weighted by Crippen LogP contribution is 2.26.